The SMILES string of the molecule is CN(CCCl)C(=O)C1CCCCC1C(F)(F)F. The van der Waals surface area contributed by atoms with Crippen LogP contribution in [0.25, 0.3) is 0 Å². The summed E-state index contributed by atoms with van der Waals surface area (Å²) < 4.78 is 38.4. The van der Waals surface area contributed by atoms with E-state index in [1.807, 2.05) is 0 Å². The molecule has 100 valence electrons. The molecular formula is C11H17ClF3NO. The molecule has 0 heterocycles. The molecule has 0 bridgehead atoms. The third-order valence-electron chi connectivity index (χ3n) is 3.30. The summed E-state index contributed by atoms with van der Waals surface area (Å²) in [6.07, 6.45) is -2.64. The summed E-state index contributed by atoms with van der Waals surface area (Å²) in [7, 11) is 1.51. The second-order valence-electron chi connectivity index (χ2n) is 4.49. The highest BCUT2D eigenvalue weighted by Gasteiger charge is 2.48. The molecule has 0 aliphatic heterocycles. The predicted octanol–water partition coefficient (Wildman–Crippen LogP) is 3.05. The molecule has 1 rings (SSSR count). The number of hydrogen-bond donors (Lipinski definition) is 0. The molecule has 2 unspecified atom stereocenters. The first-order valence-electron chi connectivity index (χ1n) is 5.75. The van der Waals surface area contributed by atoms with Crippen molar-refractivity contribution in [3.05, 3.63) is 0 Å². The van der Waals surface area contributed by atoms with Gasteiger partial charge in [0.1, 0.15) is 0 Å². The monoisotopic (exact) mass is 271 g/mol. The van der Waals surface area contributed by atoms with Gasteiger partial charge in [-0.3, -0.25) is 4.79 Å². The van der Waals surface area contributed by atoms with Gasteiger partial charge in [-0.25, -0.2) is 0 Å². The molecule has 0 aromatic heterocycles. The Morgan fingerprint density at radius 2 is 1.94 bits per heavy atom. The molecule has 0 radical (unpaired) electrons. The maximum atomic E-state index is 12.8. The zero-order valence-corrected chi connectivity index (χ0v) is 10.5. The largest absolute Gasteiger partial charge is 0.392 e. The fourth-order valence-electron chi connectivity index (χ4n) is 2.34. The molecule has 0 aromatic carbocycles. The molecule has 0 spiro atoms. The van der Waals surface area contributed by atoms with Crippen LogP contribution in [0.1, 0.15) is 25.7 Å². The number of carbonyl (C=O) groups is 1. The van der Waals surface area contributed by atoms with Crippen molar-refractivity contribution in [2.24, 2.45) is 11.8 Å². The molecule has 2 nitrogen and oxygen atoms in total. The molecule has 2 atom stereocenters. The lowest BCUT2D eigenvalue weighted by Crippen LogP contribution is -2.43. The molecule has 0 N–H and O–H groups in total. The molecule has 0 saturated heterocycles. The number of carbonyl (C=O) groups excluding carboxylic acids is 1. The van der Waals surface area contributed by atoms with E-state index in [0.29, 0.717) is 25.8 Å². The summed E-state index contributed by atoms with van der Waals surface area (Å²) in [4.78, 5) is 13.2. The van der Waals surface area contributed by atoms with Crippen LogP contribution in [-0.2, 0) is 4.79 Å². The molecule has 1 aliphatic carbocycles. The fourth-order valence-corrected chi connectivity index (χ4v) is 2.59. The molecule has 17 heavy (non-hydrogen) atoms. The van der Waals surface area contributed by atoms with Crippen molar-refractivity contribution in [1.29, 1.82) is 0 Å². The molecule has 6 heteroatoms. The van der Waals surface area contributed by atoms with Gasteiger partial charge < -0.3 is 4.90 Å². The summed E-state index contributed by atoms with van der Waals surface area (Å²) in [5.41, 5.74) is 0. The Labute approximate surface area is 104 Å². The van der Waals surface area contributed by atoms with Crippen molar-refractivity contribution < 1.29 is 18.0 Å². The Kier molecular flexibility index (Phi) is 5.10. The van der Waals surface area contributed by atoms with Gasteiger partial charge in [-0.15, -0.1) is 11.6 Å². The van der Waals surface area contributed by atoms with Gasteiger partial charge in [0.15, 0.2) is 0 Å². The van der Waals surface area contributed by atoms with Crippen LogP contribution in [0, 0.1) is 11.8 Å². The van der Waals surface area contributed by atoms with Crippen LogP contribution >= 0.6 is 11.6 Å². The number of amides is 1. The van der Waals surface area contributed by atoms with Crippen LogP contribution in [0.2, 0.25) is 0 Å². The van der Waals surface area contributed by atoms with E-state index in [4.69, 9.17) is 11.6 Å². The molecular weight excluding hydrogens is 255 g/mol. The van der Waals surface area contributed by atoms with E-state index in [2.05, 4.69) is 0 Å². The number of rotatable bonds is 3. The minimum atomic E-state index is -4.28. The number of hydrogen-bond acceptors (Lipinski definition) is 1. The van der Waals surface area contributed by atoms with Crippen molar-refractivity contribution in [2.45, 2.75) is 31.9 Å². The van der Waals surface area contributed by atoms with Crippen molar-refractivity contribution in [3.8, 4) is 0 Å². The number of halogens is 4. The Hall–Kier alpha value is -0.450. The Balaban J connectivity index is 2.74. The summed E-state index contributed by atoms with van der Waals surface area (Å²) in [5.74, 6) is -2.59. The van der Waals surface area contributed by atoms with Gasteiger partial charge in [0.2, 0.25) is 5.91 Å². The van der Waals surface area contributed by atoms with Crippen LogP contribution in [0.4, 0.5) is 13.2 Å². The van der Waals surface area contributed by atoms with Gasteiger partial charge in [0.05, 0.1) is 5.92 Å². The summed E-state index contributed by atoms with van der Waals surface area (Å²) in [5, 5.41) is 0. The standard InChI is InChI=1S/C11H17ClF3NO/c1-16(7-6-12)10(17)8-4-2-3-5-9(8)11(13,14)15/h8-9H,2-7H2,1H3. The Morgan fingerprint density at radius 1 is 1.35 bits per heavy atom. The summed E-state index contributed by atoms with van der Waals surface area (Å²) in [6, 6.07) is 0. The van der Waals surface area contributed by atoms with Crippen molar-refractivity contribution in [2.75, 3.05) is 19.5 Å². The minimum absolute atomic E-state index is 0.0641. The predicted molar refractivity (Wildman–Crippen MR) is 59.9 cm³/mol. The van der Waals surface area contributed by atoms with E-state index in [1.165, 1.54) is 11.9 Å². The van der Waals surface area contributed by atoms with E-state index >= 15 is 0 Å². The molecule has 1 amide bonds. The van der Waals surface area contributed by atoms with Crippen molar-refractivity contribution >= 4 is 17.5 Å². The molecule has 0 aromatic rings. The lowest BCUT2D eigenvalue weighted by Gasteiger charge is -2.34. The zero-order valence-electron chi connectivity index (χ0n) is 9.76. The van der Waals surface area contributed by atoms with Gasteiger partial charge in [0.25, 0.3) is 0 Å². The van der Waals surface area contributed by atoms with Gasteiger partial charge in [-0.2, -0.15) is 13.2 Å². The summed E-state index contributed by atoms with van der Waals surface area (Å²) >= 11 is 5.49. The Bertz CT molecular complexity index is 270. The maximum absolute atomic E-state index is 12.8. The van der Waals surface area contributed by atoms with Crippen molar-refractivity contribution in [3.63, 3.8) is 0 Å². The first-order chi connectivity index (χ1) is 7.88. The number of alkyl halides is 4. The minimum Gasteiger partial charge on any atom is -0.344 e. The third kappa shape index (κ3) is 3.76. The van der Waals surface area contributed by atoms with Gasteiger partial charge >= 0.3 is 6.18 Å². The normalized spacial score (nSPS) is 25.7. The average molecular weight is 272 g/mol. The second-order valence-corrected chi connectivity index (χ2v) is 4.87. The first-order valence-corrected chi connectivity index (χ1v) is 6.29. The highest BCUT2D eigenvalue weighted by molar-refractivity contribution is 6.18. The van der Waals surface area contributed by atoms with Gasteiger partial charge in [0, 0.05) is 25.4 Å². The van der Waals surface area contributed by atoms with E-state index in [-0.39, 0.29) is 12.3 Å². The third-order valence-corrected chi connectivity index (χ3v) is 3.47. The molecule has 1 aliphatic rings. The maximum Gasteiger partial charge on any atom is 0.392 e. The van der Waals surface area contributed by atoms with E-state index < -0.39 is 23.9 Å². The van der Waals surface area contributed by atoms with Crippen LogP contribution in [0.5, 0.6) is 0 Å². The summed E-state index contributed by atoms with van der Waals surface area (Å²) in [6.45, 7) is 0.293. The fraction of sp³-hybridized carbons (Fsp3) is 0.909. The lowest BCUT2D eigenvalue weighted by atomic mass is 9.78. The van der Waals surface area contributed by atoms with E-state index in [9.17, 15) is 18.0 Å². The van der Waals surface area contributed by atoms with Crippen molar-refractivity contribution in [1.82, 2.24) is 4.90 Å². The smallest absolute Gasteiger partial charge is 0.344 e. The van der Waals surface area contributed by atoms with Crippen LogP contribution in [-0.4, -0.2) is 36.5 Å². The van der Waals surface area contributed by atoms with E-state index in [0.717, 1.165) is 0 Å². The highest BCUT2D eigenvalue weighted by atomic mass is 35.5. The topological polar surface area (TPSA) is 20.3 Å². The highest BCUT2D eigenvalue weighted by Crippen LogP contribution is 2.42. The van der Waals surface area contributed by atoms with Crippen LogP contribution in [0.15, 0.2) is 0 Å². The lowest BCUT2D eigenvalue weighted by molar-refractivity contribution is -0.200. The van der Waals surface area contributed by atoms with Crippen LogP contribution < -0.4 is 0 Å². The van der Waals surface area contributed by atoms with Crippen LogP contribution in [0.3, 0.4) is 0 Å². The van der Waals surface area contributed by atoms with E-state index in [1.54, 1.807) is 0 Å². The molecule has 1 fully saturated rings. The molecule has 1 saturated carbocycles. The first kappa shape index (κ1) is 14.6. The Morgan fingerprint density at radius 3 is 2.47 bits per heavy atom. The second kappa shape index (κ2) is 5.94. The quantitative estimate of drug-likeness (QED) is 0.723. The number of nitrogens with zero attached hydrogens (tertiary/aromatic N) is 1. The average Bonchev–Trinajstić information content (AvgIpc) is 2.27. The van der Waals surface area contributed by atoms with Gasteiger partial charge in [-0.1, -0.05) is 12.8 Å². The zero-order chi connectivity index (χ0) is 13.1. The van der Waals surface area contributed by atoms with Gasteiger partial charge in [-0.05, 0) is 12.8 Å².